The number of halogens is 1. The second-order valence-corrected chi connectivity index (χ2v) is 6.51. The molecule has 1 spiro atoms. The van der Waals surface area contributed by atoms with Crippen molar-refractivity contribution in [2.75, 3.05) is 19.8 Å². The molecule has 2 saturated heterocycles. The van der Waals surface area contributed by atoms with Gasteiger partial charge in [0.05, 0.1) is 24.4 Å². The summed E-state index contributed by atoms with van der Waals surface area (Å²) in [4.78, 5) is 14.4. The minimum Gasteiger partial charge on any atom is -0.376 e. The molecule has 0 aliphatic carbocycles. The van der Waals surface area contributed by atoms with Crippen LogP contribution in [0.5, 0.6) is 0 Å². The van der Waals surface area contributed by atoms with Crippen molar-refractivity contribution in [1.29, 1.82) is 0 Å². The Morgan fingerprint density at radius 3 is 2.67 bits per heavy atom. The number of rotatable bonds is 2. The lowest BCUT2D eigenvalue weighted by molar-refractivity contribution is -0.172. The van der Waals surface area contributed by atoms with Crippen LogP contribution in [0.25, 0.3) is 11.3 Å². The van der Waals surface area contributed by atoms with Crippen molar-refractivity contribution < 1.29 is 9.53 Å². The first-order chi connectivity index (χ1) is 10.2. The second-order valence-electron chi connectivity index (χ2n) is 5.60. The molecule has 2 aromatic rings. The molecule has 21 heavy (non-hydrogen) atoms. The first-order valence-corrected chi connectivity index (χ1v) is 7.68. The molecule has 6 heteroatoms. The largest absolute Gasteiger partial charge is 0.376 e. The van der Waals surface area contributed by atoms with Crippen molar-refractivity contribution in [2.45, 2.75) is 12.0 Å². The van der Waals surface area contributed by atoms with Gasteiger partial charge in [0.2, 0.25) is 0 Å². The Morgan fingerprint density at radius 1 is 1.33 bits per heavy atom. The minimum atomic E-state index is -0.0417. The minimum absolute atomic E-state index is 0.0143. The third-order valence-corrected chi connectivity index (χ3v) is 4.84. The van der Waals surface area contributed by atoms with Gasteiger partial charge in [-0.2, -0.15) is 5.10 Å². The number of hydrogen-bond acceptors (Lipinski definition) is 3. The standard InChI is InChI=1S/C15H14BrN3O2/c16-11-3-1-10(2-4-11)12-7-13(18-17-12)14(20)19-6-5-15(19)8-21-9-15/h1-4,7H,5-6,8-9H2,(H,17,18). The highest BCUT2D eigenvalue weighted by atomic mass is 79.9. The number of amides is 1. The Hall–Kier alpha value is -1.66. The van der Waals surface area contributed by atoms with E-state index in [4.69, 9.17) is 4.74 Å². The van der Waals surface area contributed by atoms with Crippen LogP contribution in [0.2, 0.25) is 0 Å². The fourth-order valence-corrected chi connectivity index (χ4v) is 3.10. The first kappa shape index (κ1) is 13.0. The predicted molar refractivity (Wildman–Crippen MR) is 80.9 cm³/mol. The molecule has 1 aromatic heterocycles. The zero-order valence-corrected chi connectivity index (χ0v) is 12.9. The van der Waals surface area contributed by atoms with Gasteiger partial charge in [-0.25, -0.2) is 0 Å². The van der Waals surface area contributed by atoms with Gasteiger partial charge in [-0.05, 0) is 24.6 Å². The first-order valence-electron chi connectivity index (χ1n) is 6.89. The van der Waals surface area contributed by atoms with Crippen molar-refractivity contribution >= 4 is 21.8 Å². The molecule has 108 valence electrons. The molecule has 3 heterocycles. The van der Waals surface area contributed by atoms with E-state index < -0.39 is 0 Å². The number of nitrogens with one attached hydrogen (secondary N) is 1. The summed E-state index contributed by atoms with van der Waals surface area (Å²) in [6.07, 6.45) is 1.03. The number of carbonyl (C=O) groups excluding carboxylic acids is 1. The maximum absolute atomic E-state index is 12.5. The SMILES string of the molecule is O=C(c1cc(-c2ccc(Br)cc2)n[nH]1)N1CCC12COC2. The third-order valence-electron chi connectivity index (χ3n) is 4.31. The van der Waals surface area contributed by atoms with Gasteiger partial charge in [0.25, 0.3) is 5.91 Å². The number of hydrogen-bond donors (Lipinski definition) is 1. The van der Waals surface area contributed by atoms with Gasteiger partial charge in [-0.1, -0.05) is 28.1 Å². The van der Waals surface area contributed by atoms with E-state index in [1.54, 1.807) is 0 Å². The van der Waals surface area contributed by atoms with Crippen LogP contribution >= 0.6 is 15.9 Å². The average Bonchev–Trinajstić information content (AvgIpc) is 2.86. The van der Waals surface area contributed by atoms with E-state index in [2.05, 4.69) is 26.1 Å². The smallest absolute Gasteiger partial charge is 0.272 e. The van der Waals surface area contributed by atoms with E-state index in [1.807, 2.05) is 35.2 Å². The molecule has 4 rings (SSSR count). The highest BCUT2D eigenvalue weighted by Gasteiger charge is 2.53. The van der Waals surface area contributed by atoms with Crippen molar-refractivity contribution in [2.24, 2.45) is 0 Å². The van der Waals surface area contributed by atoms with Crippen molar-refractivity contribution in [3.8, 4) is 11.3 Å². The molecular weight excluding hydrogens is 334 g/mol. The third kappa shape index (κ3) is 2.01. The van der Waals surface area contributed by atoms with Crippen molar-refractivity contribution in [3.63, 3.8) is 0 Å². The molecule has 1 N–H and O–H groups in total. The number of ether oxygens (including phenoxy) is 1. The Morgan fingerprint density at radius 2 is 2.10 bits per heavy atom. The molecule has 2 fully saturated rings. The maximum Gasteiger partial charge on any atom is 0.272 e. The average molecular weight is 348 g/mol. The van der Waals surface area contributed by atoms with Gasteiger partial charge in [-0.3, -0.25) is 9.89 Å². The summed E-state index contributed by atoms with van der Waals surface area (Å²) < 4.78 is 6.28. The summed E-state index contributed by atoms with van der Waals surface area (Å²) in [5.74, 6) is 0.0143. The number of benzene rings is 1. The Kier molecular flexibility index (Phi) is 2.90. The lowest BCUT2D eigenvalue weighted by Gasteiger charge is -2.57. The zero-order chi connectivity index (χ0) is 14.4. The number of aromatic amines is 1. The van der Waals surface area contributed by atoms with E-state index in [0.717, 1.165) is 28.7 Å². The van der Waals surface area contributed by atoms with E-state index in [1.165, 1.54) is 0 Å². The monoisotopic (exact) mass is 347 g/mol. The van der Waals surface area contributed by atoms with Crippen molar-refractivity contribution in [3.05, 3.63) is 40.5 Å². The summed E-state index contributed by atoms with van der Waals surface area (Å²) in [6, 6.07) is 9.68. The Bertz CT molecular complexity index is 686. The molecule has 0 unspecified atom stereocenters. The molecule has 5 nitrogen and oxygen atoms in total. The van der Waals surface area contributed by atoms with Gasteiger partial charge in [0.1, 0.15) is 5.69 Å². The van der Waals surface area contributed by atoms with E-state index in [9.17, 15) is 4.79 Å². The fraction of sp³-hybridized carbons (Fsp3) is 0.333. The van der Waals surface area contributed by atoms with Crippen LogP contribution < -0.4 is 0 Å². The number of nitrogens with zero attached hydrogens (tertiary/aromatic N) is 2. The maximum atomic E-state index is 12.5. The van der Waals surface area contributed by atoms with Gasteiger partial charge in [-0.15, -0.1) is 0 Å². The molecule has 0 bridgehead atoms. The van der Waals surface area contributed by atoms with Gasteiger partial charge >= 0.3 is 0 Å². The molecule has 0 atom stereocenters. The quantitative estimate of drug-likeness (QED) is 0.907. The summed E-state index contributed by atoms with van der Waals surface area (Å²) in [5.41, 5.74) is 2.27. The molecule has 1 aromatic carbocycles. The van der Waals surface area contributed by atoms with Crippen LogP contribution in [0, 0.1) is 0 Å². The van der Waals surface area contributed by atoms with Crippen LogP contribution in [-0.2, 0) is 4.74 Å². The zero-order valence-electron chi connectivity index (χ0n) is 11.3. The van der Waals surface area contributed by atoms with Crippen LogP contribution in [0.1, 0.15) is 16.9 Å². The van der Waals surface area contributed by atoms with Gasteiger partial charge in [0.15, 0.2) is 0 Å². The summed E-state index contributed by atoms with van der Waals surface area (Å²) in [5, 5.41) is 7.11. The topological polar surface area (TPSA) is 58.2 Å². The summed E-state index contributed by atoms with van der Waals surface area (Å²) >= 11 is 3.41. The lowest BCUT2D eigenvalue weighted by Crippen LogP contribution is -2.72. The number of H-pyrrole nitrogens is 1. The Labute approximate surface area is 130 Å². The van der Waals surface area contributed by atoms with E-state index >= 15 is 0 Å². The van der Waals surface area contributed by atoms with Crippen LogP contribution in [0.15, 0.2) is 34.8 Å². The molecule has 0 radical (unpaired) electrons. The summed E-state index contributed by atoms with van der Waals surface area (Å²) in [6.45, 7) is 2.12. The number of aromatic nitrogens is 2. The number of carbonyl (C=O) groups is 1. The number of likely N-dealkylation sites (tertiary alicyclic amines) is 1. The van der Waals surface area contributed by atoms with Crippen LogP contribution in [0.4, 0.5) is 0 Å². The molecule has 2 aliphatic rings. The predicted octanol–water partition coefficient (Wildman–Crippen LogP) is 2.45. The fourth-order valence-electron chi connectivity index (χ4n) is 2.84. The second kappa shape index (κ2) is 4.68. The molecule has 1 amide bonds. The highest BCUT2D eigenvalue weighted by molar-refractivity contribution is 9.10. The van der Waals surface area contributed by atoms with Gasteiger partial charge < -0.3 is 9.64 Å². The van der Waals surface area contributed by atoms with Crippen LogP contribution in [-0.4, -0.2) is 46.3 Å². The molecular formula is C15H14BrN3O2. The normalized spacial score (nSPS) is 19.2. The van der Waals surface area contributed by atoms with Crippen molar-refractivity contribution in [1.82, 2.24) is 15.1 Å². The van der Waals surface area contributed by atoms with E-state index in [0.29, 0.717) is 18.9 Å². The molecule has 2 aliphatic heterocycles. The highest BCUT2D eigenvalue weighted by Crippen LogP contribution is 2.38. The lowest BCUT2D eigenvalue weighted by atomic mass is 9.82. The van der Waals surface area contributed by atoms with Crippen LogP contribution in [0.3, 0.4) is 0 Å². The molecule has 0 saturated carbocycles. The van der Waals surface area contributed by atoms with E-state index in [-0.39, 0.29) is 11.4 Å². The Balaban J connectivity index is 1.57. The summed E-state index contributed by atoms with van der Waals surface area (Å²) in [7, 11) is 0. The van der Waals surface area contributed by atoms with Gasteiger partial charge in [0, 0.05) is 16.6 Å².